The molecule has 96 valence electrons. The van der Waals surface area contributed by atoms with Gasteiger partial charge in [-0.25, -0.2) is 8.42 Å². The minimum Gasteiger partial charge on any atom is -0.284 e. The molecule has 2 aromatic rings. The summed E-state index contributed by atoms with van der Waals surface area (Å²) in [5.41, 5.74) is 1.47. The predicted octanol–water partition coefficient (Wildman–Crippen LogP) is 1.96. The number of anilines is 1. The van der Waals surface area contributed by atoms with Crippen LogP contribution in [0.4, 0.5) is 5.69 Å². The van der Waals surface area contributed by atoms with E-state index in [0.717, 1.165) is 11.8 Å². The second kappa shape index (κ2) is 4.99. The number of nitrogens with one attached hydrogen (secondary N) is 1. The Morgan fingerprint density at radius 2 is 2.22 bits per heavy atom. The highest BCUT2D eigenvalue weighted by Gasteiger charge is 2.03. The number of hydrogen-bond donors (Lipinski definition) is 1. The summed E-state index contributed by atoms with van der Waals surface area (Å²) in [6.07, 6.45) is 4.38. The molecule has 1 heterocycles. The van der Waals surface area contributed by atoms with Crippen molar-refractivity contribution >= 4 is 27.3 Å². The van der Waals surface area contributed by atoms with E-state index in [0.29, 0.717) is 17.3 Å². The zero-order chi connectivity index (χ0) is 13.2. The van der Waals surface area contributed by atoms with Crippen LogP contribution in [0.25, 0.3) is 0 Å². The molecule has 1 aromatic carbocycles. The van der Waals surface area contributed by atoms with Gasteiger partial charge in [0.15, 0.2) is 0 Å². The maximum Gasteiger partial charge on any atom is 0.229 e. The summed E-state index contributed by atoms with van der Waals surface area (Å²) in [4.78, 5) is 0. The van der Waals surface area contributed by atoms with E-state index >= 15 is 0 Å². The fourth-order valence-electron chi connectivity index (χ4n) is 1.56. The highest BCUT2D eigenvalue weighted by atomic mass is 35.5. The summed E-state index contributed by atoms with van der Waals surface area (Å²) >= 11 is 5.77. The standard InChI is InChI=1S/C11H12ClN3O2S/c1-18(16,17)14-11-4-2-3-9(5-11)7-15-8-10(12)6-13-15/h2-6,8,14H,7H2,1H3. The molecule has 5 nitrogen and oxygen atoms in total. The molecule has 2 rings (SSSR count). The fraction of sp³-hybridized carbons (Fsp3) is 0.182. The van der Waals surface area contributed by atoms with E-state index in [-0.39, 0.29) is 0 Å². The first-order valence-electron chi connectivity index (χ1n) is 5.17. The summed E-state index contributed by atoms with van der Waals surface area (Å²) in [6, 6.07) is 7.13. The predicted molar refractivity (Wildman–Crippen MR) is 71.2 cm³/mol. The first-order valence-corrected chi connectivity index (χ1v) is 7.44. The Bertz CT molecular complexity index is 652. The first-order chi connectivity index (χ1) is 8.42. The van der Waals surface area contributed by atoms with Gasteiger partial charge in [0.2, 0.25) is 10.0 Å². The van der Waals surface area contributed by atoms with E-state index in [9.17, 15) is 8.42 Å². The summed E-state index contributed by atoms with van der Waals surface area (Å²) in [5, 5.41) is 4.63. The Morgan fingerprint density at radius 1 is 1.44 bits per heavy atom. The number of nitrogens with zero attached hydrogens (tertiary/aromatic N) is 2. The van der Waals surface area contributed by atoms with Gasteiger partial charge < -0.3 is 0 Å². The molecule has 1 N–H and O–H groups in total. The van der Waals surface area contributed by atoms with Crippen LogP contribution in [-0.4, -0.2) is 24.5 Å². The molecular weight excluding hydrogens is 274 g/mol. The lowest BCUT2D eigenvalue weighted by Gasteiger charge is -2.06. The van der Waals surface area contributed by atoms with Gasteiger partial charge >= 0.3 is 0 Å². The average Bonchev–Trinajstić information content (AvgIpc) is 2.62. The van der Waals surface area contributed by atoms with Crippen molar-refractivity contribution in [1.29, 1.82) is 0 Å². The van der Waals surface area contributed by atoms with Crippen molar-refractivity contribution in [2.45, 2.75) is 6.54 Å². The van der Waals surface area contributed by atoms with E-state index in [1.807, 2.05) is 6.07 Å². The SMILES string of the molecule is CS(=O)(=O)Nc1cccc(Cn2cc(Cl)cn2)c1. The molecule has 0 aliphatic heterocycles. The average molecular weight is 286 g/mol. The molecule has 0 aliphatic carbocycles. The Labute approximate surface area is 110 Å². The Balaban J connectivity index is 2.17. The van der Waals surface area contributed by atoms with Gasteiger partial charge in [0.1, 0.15) is 0 Å². The number of hydrogen-bond acceptors (Lipinski definition) is 3. The lowest BCUT2D eigenvalue weighted by Crippen LogP contribution is -2.10. The largest absolute Gasteiger partial charge is 0.284 e. The van der Waals surface area contributed by atoms with Crippen molar-refractivity contribution in [3.05, 3.63) is 47.2 Å². The highest BCUT2D eigenvalue weighted by Crippen LogP contribution is 2.14. The topological polar surface area (TPSA) is 64.0 Å². The molecule has 0 bridgehead atoms. The van der Waals surface area contributed by atoms with Crippen LogP contribution < -0.4 is 4.72 Å². The van der Waals surface area contributed by atoms with Crippen LogP contribution in [-0.2, 0) is 16.6 Å². The minimum atomic E-state index is -3.26. The Hall–Kier alpha value is -1.53. The molecule has 0 aliphatic rings. The quantitative estimate of drug-likeness (QED) is 0.934. The number of rotatable bonds is 4. The van der Waals surface area contributed by atoms with Crippen molar-refractivity contribution in [2.75, 3.05) is 11.0 Å². The second-order valence-electron chi connectivity index (χ2n) is 3.93. The first kappa shape index (κ1) is 12.9. The summed E-state index contributed by atoms with van der Waals surface area (Å²) in [7, 11) is -3.26. The van der Waals surface area contributed by atoms with Gasteiger partial charge in [-0.05, 0) is 17.7 Å². The van der Waals surface area contributed by atoms with Gasteiger partial charge in [-0.3, -0.25) is 9.40 Å². The molecule has 0 radical (unpaired) electrons. The van der Waals surface area contributed by atoms with E-state index in [1.165, 1.54) is 0 Å². The molecule has 0 fully saturated rings. The summed E-state index contributed by atoms with van der Waals surface area (Å²) in [6.45, 7) is 0.534. The van der Waals surface area contributed by atoms with Crippen LogP contribution in [0.3, 0.4) is 0 Å². The minimum absolute atomic E-state index is 0.534. The van der Waals surface area contributed by atoms with Crippen molar-refractivity contribution < 1.29 is 8.42 Å². The van der Waals surface area contributed by atoms with E-state index in [2.05, 4.69) is 9.82 Å². The lowest BCUT2D eigenvalue weighted by molar-refractivity contribution is 0.607. The fourth-order valence-corrected chi connectivity index (χ4v) is 2.27. The molecule has 18 heavy (non-hydrogen) atoms. The van der Waals surface area contributed by atoms with Gasteiger partial charge in [-0.15, -0.1) is 0 Å². The molecule has 1 aromatic heterocycles. The number of aromatic nitrogens is 2. The van der Waals surface area contributed by atoms with Gasteiger partial charge in [0, 0.05) is 11.9 Å². The zero-order valence-corrected chi connectivity index (χ0v) is 11.2. The Kier molecular flexibility index (Phi) is 3.58. The summed E-state index contributed by atoms with van der Waals surface area (Å²) < 4.78 is 26.4. The smallest absolute Gasteiger partial charge is 0.229 e. The molecule has 0 saturated heterocycles. The normalized spacial score (nSPS) is 11.4. The highest BCUT2D eigenvalue weighted by molar-refractivity contribution is 7.92. The van der Waals surface area contributed by atoms with Crippen molar-refractivity contribution in [3.63, 3.8) is 0 Å². The van der Waals surface area contributed by atoms with Crippen LogP contribution >= 0.6 is 11.6 Å². The van der Waals surface area contributed by atoms with Crippen LogP contribution in [0.2, 0.25) is 5.02 Å². The van der Waals surface area contributed by atoms with Gasteiger partial charge in [-0.1, -0.05) is 23.7 Å². The van der Waals surface area contributed by atoms with Gasteiger partial charge in [-0.2, -0.15) is 5.10 Å². The maximum atomic E-state index is 11.1. The Morgan fingerprint density at radius 3 is 2.83 bits per heavy atom. The third kappa shape index (κ3) is 3.75. The van der Waals surface area contributed by atoms with Crippen molar-refractivity contribution in [2.24, 2.45) is 0 Å². The van der Waals surface area contributed by atoms with Crippen molar-refractivity contribution in [3.8, 4) is 0 Å². The van der Waals surface area contributed by atoms with Crippen LogP contribution in [0.5, 0.6) is 0 Å². The zero-order valence-electron chi connectivity index (χ0n) is 9.67. The second-order valence-corrected chi connectivity index (χ2v) is 6.12. The molecule has 0 spiro atoms. The lowest BCUT2D eigenvalue weighted by atomic mass is 10.2. The number of halogens is 1. The third-order valence-corrected chi connectivity index (χ3v) is 2.98. The van der Waals surface area contributed by atoms with E-state index < -0.39 is 10.0 Å². The van der Waals surface area contributed by atoms with Crippen molar-refractivity contribution in [1.82, 2.24) is 9.78 Å². The third-order valence-electron chi connectivity index (χ3n) is 2.18. The van der Waals surface area contributed by atoms with E-state index in [1.54, 1.807) is 35.3 Å². The number of sulfonamides is 1. The van der Waals surface area contributed by atoms with Crippen LogP contribution in [0, 0.1) is 0 Å². The molecular formula is C11H12ClN3O2S. The monoisotopic (exact) mass is 285 g/mol. The number of benzene rings is 1. The molecule has 7 heteroatoms. The van der Waals surface area contributed by atoms with Gasteiger partial charge in [0.05, 0.1) is 24.0 Å². The van der Waals surface area contributed by atoms with Crippen LogP contribution in [0.15, 0.2) is 36.7 Å². The summed E-state index contributed by atoms with van der Waals surface area (Å²) in [5.74, 6) is 0. The molecule has 0 unspecified atom stereocenters. The maximum absolute atomic E-state index is 11.1. The molecule has 0 amide bonds. The van der Waals surface area contributed by atoms with E-state index in [4.69, 9.17) is 11.6 Å². The van der Waals surface area contributed by atoms with Gasteiger partial charge in [0.25, 0.3) is 0 Å². The van der Waals surface area contributed by atoms with Crippen LogP contribution in [0.1, 0.15) is 5.56 Å². The molecule has 0 saturated carbocycles. The molecule has 0 atom stereocenters.